The van der Waals surface area contributed by atoms with E-state index in [0.717, 1.165) is 18.8 Å². The van der Waals surface area contributed by atoms with Crippen LogP contribution in [-0.2, 0) is 4.12 Å². The minimum absolute atomic E-state index is 0.0352. The summed E-state index contributed by atoms with van der Waals surface area (Å²) in [5, 5.41) is 9.83. The van der Waals surface area contributed by atoms with Gasteiger partial charge in [0.05, 0.1) is 6.10 Å². The fourth-order valence-corrected chi connectivity index (χ4v) is 16.9. The van der Waals surface area contributed by atoms with Crippen LogP contribution in [0, 0.1) is 5.92 Å². The maximum absolute atomic E-state index is 9.83. The second-order valence-corrected chi connectivity index (χ2v) is 24.4. The first-order chi connectivity index (χ1) is 9.89. The third-order valence-electron chi connectivity index (χ3n) is 4.94. The van der Waals surface area contributed by atoms with Crippen LogP contribution in [-0.4, -0.2) is 35.9 Å². The van der Waals surface area contributed by atoms with Gasteiger partial charge in [-0.2, -0.15) is 0 Å². The molecule has 5 heteroatoms. The quantitative estimate of drug-likeness (QED) is 0.563. The van der Waals surface area contributed by atoms with Crippen LogP contribution in [0.3, 0.4) is 0 Å². The molecule has 0 heterocycles. The topological polar surface area (TPSA) is 29.5 Å². The Hall–Kier alpha value is 0.571. The lowest BCUT2D eigenvalue weighted by molar-refractivity contribution is 0.0995. The minimum Gasteiger partial charge on any atom is -0.456 e. The predicted octanol–water partition coefficient (Wildman–Crippen LogP) is 5.69. The number of hydrogen-bond donors (Lipinski definition) is 1. The zero-order chi connectivity index (χ0) is 17.0. The molecule has 0 spiro atoms. The van der Waals surface area contributed by atoms with Crippen molar-refractivity contribution in [2.75, 3.05) is 0 Å². The van der Waals surface area contributed by atoms with E-state index in [0.29, 0.717) is 0 Å². The summed E-state index contributed by atoms with van der Waals surface area (Å²) >= 11 is 0. The van der Waals surface area contributed by atoms with Crippen LogP contribution in [0.15, 0.2) is 0 Å². The predicted molar refractivity (Wildman–Crippen MR) is 106 cm³/mol. The SMILES string of the molecule is C[Si](C)(C)CC[Si](C)(C)O[Si](C)(C)CCC1CCCC(O)C1. The molecule has 1 aliphatic rings. The molecule has 0 radical (unpaired) electrons. The first-order valence-corrected chi connectivity index (χ1v) is 19.2. The van der Waals surface area contributed by atoms with E-state index in [4.69, 9.17) is 4.12 Å². The van der Waals surface area contributed by atoms with Gasteiger partial charge in [-0.25, -0.2) is 0 Å². The average molecular weight is 361 g/mol. The Morgan fingerprint density at radius 2 is 1.45 bits per heavy atom. The van der Waals surface area contributed by atoms with Crippen molar-refractivity contribution in [1.29, 1.82) is 0 Å². The van der Waals surface area contributed by atoms with Crippen LogP contribution in [0.25, 0.3) is 0 Å². The summed E-state index contributed by atoms with van der Waals surface area (Å²) in [6, 6.07) is 4.01. The number of aliphatic hydroxyl groups excluding tert-OH is 1. The molecular weight excluding hydrogens is 320 g/mol. The Kier molecular flexibility index (Phi) is 7.59. The third-order valence-corrected chi connectivity index (χ3v) is 14.6. The Balaban J connectivity index is 2.41. The van der Waals surface area contributed by atoms with E-state index in [2.05, 4.69) is 45.8 Å². The van der Waals surface area contributed by atoms with Crippen molar-refractivity contribution in [3.05, 3.63) is 0 Å². The lowest BCUT2D eigenvalue weighted by atomic mass is 9.86. The van der Waals surface area contributed by atoms with Gasteiger partial charge in [-0.1, -0.05) is 44.9 Å². The van der Waals surface area contributed by atoms with E-state index in [1.807, 2.05) is 0 Å². The summed E-state index contributed by atoms with van der Waals surface area (Å²) in [5.41, 5.74) is 0. The van der Waals surface area contributed by atoms with Gasteiger partial charge in [-0.15, -0.1) is 0 Å². The van der Waals surface area contributed by atoms with Crippen molar-refractivity contribution in [3.8, 4) is 0 Å². The highest BCUT2D eigenvalue weighted by atomic mass is 28.4. The summed E-state index contributed by atoms with van der Waals surface area (Å²) in [5.74, 6) is 0.742. The van der Waals surface area contributed by atoms with Crippen molar-refractivity contribution < 1.29 is 9.22 Å². The maximum Gasteiger partial charge on any atom is 0.173 e. The van der Waals surface area contributed by atoms with Gasteiger partial charge in [-0.05, 0) is 57.0 Å². The number of aliphatic hydroxyl groups is 1. The number of hydrogen-bond acceptors (Lipinski definition) is 2. The van der Waals surface area contributed by atoms with Gasteiger partial charge in [-0.3, -0.25) is 0 Å². The summed E-state index contributed by atoms with van der Waals surface area (Å²) < 4.78 is 6.78. The molecule has 2 unspecified atom stereocenters. The largest absolute Gasteiger partial charge is 0.456 e. The highest BCUT2D eigenvalue weighted by Crippen LogP contribution is 2.32. The molecule has 0 saturated heterocycles. The molecule has 132 valence electrons. The summed E-state index contributed by atoms with van der Waals surface area (Å²) in [6.45, 7) is 17.1. The fraction of sp³-hybridized carbons (Fsp3) is 1.00. The van der Waals surface area contributed by atoms with Crippen LogP contribution in [0.5, 0.6) is 0 Å². The van der Waals surface area contributed by atoms with E-state index in [1.165, 1.54) is 37.4 Å². The molecule has 0 bridgehead atoms. The Labute approximate surface area is 142 Å². The standard InChI is InChI=1S/C17H40O2Si3/c1-20(2,3)13-14-22(6,7)19-21(4,5)12-11-16-9-8-10-17(18)15-16/h16-18H,8-15H2,1-7H3. The van der Waals surface area contributed by atoms with Gasteiger partial charge in [0.1, 0.15) is 0 Å². The molecule has 1 rings (SSSR count). The molecule has 2 nitrogen and oxygen atoms in total. The maximum atomic E-state index is 9.83. The minimum atomic E-state index is -1.55. The Bertz CT molecular complexity index is 337. The van der Waals surface area contributed by atoms with Crippen molar-refractivity contribution in [1.82, 2.24) is 0 Å². The molecule has 1 saturated carbocycles. The molecule has 2 atom stereocenters. The van der Waals surface area contributed by atoms with Crippen LogP contribution < -0.4 is 0 Å². The van der Waals surface area contributed by atoms with Gasteiger partial charge in [0.15, 0.2) is 16.6 Å². The summed E-state index contributed by atoms with van der Waals surface area (Å²) in [7, 11) is -4.00. The molecule has 1 N–H and O–H groups in total. The van der Waals surface area contributed by atoms with Gasteiger partial charge in [0.25, 0.3) is 0 Å². The van der Waals surface area contributed by atoms with Crippen LogP contribution >= 0.6 is 0 Å². The van der Waals surface area contributed by atoms with E-state index in [-0.39, 0.29) is 6.10 Å². The second-order valence-electron chi connectivity index (χ2n) is 9.91. The number of rotatable bonds is 8. The Morgan fingerprint density at radius 1 is 0.864 bits per heavy atom. The van der Waals surface area contributed by atoms with E-state index < -0.39 is 24.7 Å². The van der Waals surface area contributed by atoms with Crippen LogP contribution in [0.4, 0.5) is 0 Å². The fourth-order valence-electron chi connectivity index (χ4n) is 3.60. The normalized spacial score (nSPS) is 24.5. The van der Waals surface area contributed by atoms with Gasteiger partial charge in [0, 0.05) is 8.07 Å². The lowest BCUT2D eigenvalue weighted by Gasteiger charge is -2.36. The molecule has 0 aliphatic heterocycles. The molecule has 1 fully saturated rings. The molecular formula is C17H40O2Si3. The van der Waals surface area contributed by atoms with E-state index in [9.17, 15) is 5.11 Å². The molecule has 0 amide bonds. The zero-order valence-corrected chi connectivity index (χ0v) is 19.2. The highest BCUT2D eigenvalue weighted by Gasteiger charge is 2.34. The lowest BCUT2D eigenvalue weighted by Crippen LogP contribution is -2.45. The van der Waals surface area contributed by atoms with Crippen molar-refractivity contribution in [2.24, 2.45) is 5.92 Å². The van der Waals surface area contributed by atoms with E-state index in [1.54, 1.807) is 0 Å². The monoisotopic (exact) mass is 360 g/mol. The smallest absolute Gasteiger partial charge is 0.173 e. The van der Waals surface area contributed by atoms with Crippen molar-refractivity contribution in [2.45, 2.75) is 102 Å². The van der Waals surface area contributed by atoms with Crippen molar-refractivity contribution >= 4 is 24.7 Å². The van der Waals surface area contributed by atoms with Crippen LogP contribution in [0.1, 0.15) is 32.1 Å². The first kappa shape index (κ1) is 20.6. The van der Waals surface area contributed by atoms with Gasteiger partial charge < -0.3 is 9.22 Å². The van der Waals surface area contributed by atoms with Gasteiger partial charge in [0.2, 0.25) is 0 Å². The van der Waals surface area contributed by atoms with Crippen molar-refractivity contribution in [3.63, 3.8) is 0 Å². The molecule has 0 aromatic rings. The second kappa shape index (κ2) is 8.10. The Morgan fingerprint density at radius 3 is 2.00 bits per heavy atom. The molecule has 0 aromatic carbocycles. The van der Waals surface area contributed by atoms with E-state index >= 15 is 0 Å². The molecule has 22 heavy (non-hydrogen) atoms. The molecule has 1 aliphatic carbocycles. The molecule has 0 aromatic heterocycles. The van der Waals surface area contributed by atoms with Gasteiger partial charge >= 0.3 is 0 Å². The average Bonchev–Trinajstić information content (AvgIpc) is 2.33. The van der Waals surface area contributed by atoms with Crippen LogP contribution in [0.2, 0.25) is 64.0 Å². The highest BCUT2D eigenvalue weighted by molar-refractivity contribution is 6.86. The zero-order valence-electron chi connectivity index (χ0n) is 16.2. The first-order valence-electron chi connectivity index (χ1n) is 9.27. The summed E-state index contributed by atoms with van der Waals surface area (Å²) in [6.07, 6.45) is 5.82. The summed E-state index contributed by atoms with van der Waals surface area (Å²) in [4.78, 5) is 0. The third kappa shape index (κ3) is 9.01.